The molecule has 0 spiro atoms. The molecule has 1 aliphatic rings. The number of pyridine rings is 1. The number of hydrogen-bond donors (Lipinski definition) is 1. The van der Waals surface area contributed by atoms with Crippen LogP contribution in [0.3, 0.4) is 0 Å². The Kier molecular flexibility index (Phi) is 8.79. The molecule has 1 unspecified atom stereocenters. The van der Waals surface area contributed by atoms with E-state index in [2.05, 4.69) is 49.1 Å². The second-order valence-corrected chi connectivity index (χ2v) is 10.8. The lowest BCUT2D eigenvalue weighted by Crippen LogP contribution is -2.35. The maximum absolute atomic E-state index is 13.3. The summed E-state index contributed by atoms with van der Waals surface area (Å²) in [5, 5.41) is 14.2. The van der Waals surface area contributed by atoms with Gasteiger partial charge in [0.25, 0.3) is 5.56 Å². The Morgan fingerprint density at radius 2 is 1.88 bits per heavy atom. The topological polar surface area (TPSA) is 98.2 Å². The van der Waals surface area contributed by atoms with Gasteiger partial charge in [-0.05, 0) is 77.7 Å². The lowest BCUT2D eigenvalue weighted by molar-refractivity contribution is 0.165. The van der Waals surface area contributed by atoms with Gasteiger partial charge in [-0.3, -0.25) is 9.69 Å². The Morgan fingerprint density at radius 3 is 2.62 bits per heavy atom. The van der Waals surface area contributed by atoms with Gasteiger partial charge in [-0.25, -0.2) is 4.68 Å². The monoisotopic (exact) mass is 544 g/mol. The summed E-state index contributed by atoms with van der Waals surface area (Å²) < 4.78 is 13.0. The Bertz CT molecular complexity index is 1490. The Labute approximate surface area is 235 Å². The molecule has 40 heavy (non-hydrogen) atoms. The first-order chi connectivity index (χ1) is 19.5. The van der Waals surface area contributed by atoms with Gasteiger partial charge in [-0.1, -0.05) is 50.5 Å². The Hall–Kier alpha value is -3.72. The maximum Gasteiger partial charge on any atom is 0.252 e. The largest absolute Gasteiger partial charge is 0.493 e. The summed E-state index contributed by atoms with van der Waals surface area (Å²) in [6.45, 7) is 5.40. The first-order valence-corrected chi connectivity index (χ1v) is 14.4. The van der Waals surface area contributed by atoms with Crippen molar-refractivity contribution in [3.63, 3.8) is 0 Å². The molecule has 1 atom stereocenters. The van der Waals surface area contributed by atoms with Crippen LogP contribution in [-0.4, -0.2) is 50.9 Å². The Morgan fingerprint density at radius 1 is 1.07 bits per heavy atom. The molecule has 9 heteroatoms. The highest BCUT2D eigenvalue weighted by molar-refractivity contribution is 5.81. The van der Waals surface area contributed by atoms with Crippen LogP contribution in [0.15, 0.2) is 47.3 Å². The highest BCUT2D eigenvalue weighted by Gasteiger charge is 2.29. The SMILES string of the molecule is CCC(c1nnnn1C1CCCCC1)N(CCc1ccc(OC)c(OC)c1)Cc1cc2cccc(C)c2[nH]c1=O. The number of aryl methyl sites for hydroxylation is 1. The fourth-order valence-corrected chi connectivity index (χ4v) is 6.03. The molecule has 1 saturated carbocycles. The first kappa shape index (κ1) is 27.8. The van der Waals surface area contributed by atoms with E-state index in [0.29, 0.717) is 24.1 Å². The summed E-state index contributed by atoms with van der Waals surface area (Å²) in [5.41, 5.74) is 3.76. The number of ether oxygens (including phenoxy) is 2. The number of methoxy groups -OCH3 is 2. The van der Waals surface area contributed by atoms with Crippen molar-refractivity contribution in [2.75, 3.05) is 20.8 Å². The van der Waals surface area contributed by atoms with Crippen molar-refractivity contribution in [3.05, 3.63) is 75.3 Å². The molecule has 9 nitrogen and oxygen atoms in total. The van der Waals surface area contributed by atoms with Gasteiger partial charge in [0.1, 0.15) is 0 Å². The van der Waals surface area contributed by atoms with Crippen LogP contribution in [-0.2, 0) is 13.0 Å². The number of nitrogens with zero attached hydrogens (tertiary/aromatic N) is 5. The second kappa shape index (κ2) is 12.6. The number of fused-ring (bicyclic) bond motifs is 1. The standard InChI is InChI=1S/C31H40N6O3/c1-5-26(30-33-34-35-37(30)25-12-7-6-8-13-25)36(17-16-22-14-15-27(39-3)28(18-22)40-4)20-24-19-23-11-9-10-21(2)29(23)32-31(24)38/h9-11,14-15,18-19,25-26H,5-8,12-13,16-17,20H2,1-4H3,(H,32,38). The normalized spacial score (nSPS) is 15.0. The van der Waals surface area contributed by atoms with Gasteiger partial charge in [-0.15, -0.1) is 5.10 Å². The number of nitrogens with one attached hydrogen (secondary N) is 1. The molecule has 1 aliphatic carbocycles. The quantitative estimate of drug-likeness (QED) is 0.265. The molecule has 0 radical (unpaired) electrons. The predicted molar refractivity (Wildman–Crippen MR) is 156 cm³/mol. The highest BCUT2D eigenvalue weighted by Crippen LogP contribution is 2.33. The van der Waals surface area contributed by atoms with Crippen LogP contribution in [0.4, 0.5) is 0 Å². The third kappa shape index (κ3) is 5.89. The van der Waals surface area contributed by atoms with Crippen molar-refractivity contribution in [1.29, 1.82) is 0 Å². The first-order valence-electron chi connectivity index (χ1n) is 14.4. The minimum atomic E-state index is -0.0559. The fraction of sp³-hybridized carbons (Fsp3) is 0.484. The van der Waals surface area contributed by atoms with Gasteiger partial charge >= 0.3 is 0 Å². The van der Waals surface area contributed by atoms with Crippen LogP contribution in [0.5, 0.6) is 11.5 Å². The van der Waals surface area contributed by atoms with Crippen LogP contribution in [0.25, 0.3) is 10.9 Å². The maximum atomic E-state index is 13.3. The molecule has 1 N–H and O–H groups in total. The smallest absolute Gasteiger partial charge is 0.252 e. The summed E-state index contributed by atoms with van der Waals surface area (Å²) in [5.74, 6) is 2.30. The summed E-state index contributed by atoms with van der Waals surface area (Å²) in [7, 11) is 3.30. The zero-order valence-electron chi connectivity index (χ0n) is 24.0. The molecular formula is C31H40N6O3. The molecule has 4 aromatic rings. The van der Waals surface area contributed by atoms with Crippen molar-refractivity contribution in [2.45, 2.75) is 77.4 Å². The van der Waals surface area contributed by atoms with Crippen LogP contribution in [0.2, 0.25) is 0 Å². The van der Waals surface area contributed by atoms with Gasteiger partial charge < -0.3 is 14.5 Å². The van der Waals surface area contributed by atoms with Gasteiger partial charge in [0.15, 0.2) is 17.3 Å². The number of H-pyrrole nitrogens is 1. The van der Waals surface area contributed by atoms with Crippen molar-refractivity contribution in [3.8, 4) is 11.5 Å². The number of rotatable bonds is 11. The van der Waals surface area contributed by atoms with E-state index >= 15 is 0 Å². The van der Waals surface area contributed by atoms with Crippen molar-refractivity contribution >= 4 is 10.9 Å². The Balaban J connectivity index is 1.49. The van der Waals surface area contributed by atoms with E-state index in [1.165, 1.54) is 19.3 Å². The number of aromatic nitrogens is 5. The average Bonchev–Trinajstić information content (AvgIpc) is 3.47. The third-order valence-corrected chi connectivity index (χ3v) is 8.24. The van der Waals surface area contributed by atoms with Crippen molar-refractivity contribution in [1.82, 2.24) is 30.1 Å². The molecule has 212 valence electrons. The molecule has 0 aliphatic heterocycles. The summed E-state index contributed by atoms with van der Waals surface area (Å²) in [6.07, 6.45) is 7.47. The van der Waals surface area contributed by atoms with E-state index in [0.717, 1.165) is 65.6 Å². The predicted octanol–water partition coefficient (Wildman–Crippen LogP) is 5.54. The molecule has 5 rings (SSSR count). The zero-order chi connectivity index (χ0) is 28.1. The third-order valence-electron chi connectivity index (χ3n) is 8.24. The molecule has 2 heterocycles. The lowest BCUT2D eigenvalue weighted by atomic mass is 9.95. The van der Waals surface area contributed by atoms with Crippen molar-refractivity contribution < 1.29 is 9.47 Å². The van der Waals surface area contributed by atoms with E-state index in [4.69, 9.17) is 9.47 Å². The van der Waals surface area contributed by atoms with Gasteiger partial charge in [-0.2, -0.15) is 0 Å². The number of benzene rings is 2. The minimum Gasteiger partial charge on any atom is -0.493 e. The molecular weight excluding hydrogens is 504 g/mol. The minimum absolute atomic E-state index is 0.0373. The van der Waals surface area contributed by atoms with Gasteiger partial charge in [0, 0.05) is 18.7 Å². The number of aromatic amines is 1. The fourth-order valence-electron chi connectivity index (χ4n) is 6.03. The summed E-state index contributed by atoms with van der Waals surface area (Å²) >= 11 is 0. The highest BCUT2D eigenvalue weighted by atomic mass is 16.5. The second-order valence-electron chi connectivity index (χ2n) is 10.8. The van der Waals surface area contributed by atoms with E-state index in [1.807, 2.05) is 37.3 Å². The number of para-hydroxylation sites is 1. The van der Waals surface area contributed by atoms with Gasteiger partial charge in [0.05, 0.1) is 31.8 Å². The summed E-state index contributed by atoms with van der Waals surface area (Å²) in [6, 6.07) is 14.5. The molecule has 0 saturated heterocycles. The van der Waals surface area contributed by atoms with Crippen LogP contribution in [0.1, 0.15) is 80.0 Å². The average molecular weight is 545 g/mol. The molecule has 2 aromatic carbocycles. The van der Waals surface area contributed by atoms with Crippen molar-refractivity contribution in [2.24, 2.45) is 0 Å². The summed E-state index contributed by atoms with van der Waals surface area (Å²) in [4.78, 5) is 18.8. The molecule has 1 fully saturated rings. The number of hydrogen-bond acceptors (Lipinski definition) is 7. The van der Waals surface area contributed by atoms with Crippen LogP contribution >= 0.6 is 0 Å². The number of tetrazole rings is 1. The van der Waals surface area contributed by atoms with E-state index in [9.17, 15) is 4.79 Å². The van der Waals surface area contributed by atoms with E-state index in [1.54, 1.807) is 14.2 Å². The zero-order valence-corrected chi connectivity index (χ0v) is 24.0. The van der Waals surface area contributed by atoms with E-state index in [-0.39, 0.29) is 11.6 Å². The molecule has 2 aromatic heterocycles. The molecule has 0 amide bonds. The lowest BCUT2D eigenvalue weighted by Gasteiger charge is -2.32. The molecule has 0 bridgehead atoms. The van der Waals surface area contributed by atoms with Crippen LogP contribution < -0.4 is 15.0 Å². The van der Waals surface area contributed by atoms with Gasteiger partial charge in [0.2, 0.25) is 0 Å². The van der Waals surface area contributed by atoms with Crippen LogP contribution in [0, 0.1) is 6.92 Å². The van der Waals surface area contributed by atoms with E-state index < -0.39 is 0 Å².